The molecule has 2 atom stereocenters. The molecular formula is C20H40N4O8. The zero-order chi connectivity index (χ0) is 24.8. The number of ether oxygens (including phenoxy) is 2. The minimum absolute atomic E-state index is 0.0931. The lowest BCUT2D eigenvalue weighted by Crippen LogP contribution is -2.41. The molecule has 0 aromatic carbocycles. The van der Waals surface area contributed by atoms with Crippen molar-refractivity contribution in [2.75, 3.05) is 40.5 Å². The van der Waals surface area contributed by atoms with Crippen LogP contribution in [0.2, 0.25) is 0 Å². The van der Waals surface area contributed by atoms with Gasteiger partial charge in [0.1, 0.15) is 12.1 Å². The fourth-order valence-corrected chi connectivity index (χ4v) is 2.34. The first-order chi connectivity index (χ1) is 15.2. The first kappa shape index (κ1) is 31.9. The van der Waals surface area contributed by atoms with Crippen LogP contribution in [0, 0.1) is 0 Å². The number of rotatable bonds is 18. The molecule has 12 heteroatoms. The lowest BCUT2D eigenvalue weighted by Gasteiger charge is -2.14. The van der Waals surface area contributed by atoms with Gasteiger partial charge < -0.3 is 41.8 Å². The molecule has 0 bridgehead atoms. The first-order valence-corrected chi connectivity index (χ1v) is 10.6. The third-order valence-corrected chi connectivity index (χ3v) is 4.23. The van der Waals surface area contributed by atoms with Crippen molar-refractivity contribution in [1.82, 2.24) is 10.6 Å². The van der Waals surface area contributed by atoms with Gasteiger partial charge in [0.05, 0.1) is 13.2 Å². The molecule has 12 nitrogen and oxygen atoms in total. The molecule has 0 spiro atoms. The summed E-state index contributed by atoms with van der Waals surface area (Å²) < 4.78 is 9.55. The molecule has 0 aliphatic carbocycles. The quantitative estimate of drug-likeness (QED) is 0.143. The van der Waals surface area contributed by atoms with Crippen LogP contribution in [0.4, 0.5) is 0 Å². The van der Waals surface area contributed by atoms with Crippen molar-refractivity contribution in [3.8, 4) is 0 Å². The average Bonchev–Trinajstić information content (AvgIpc) is 2.75. The largest absolute Gasteiger partial charge is 0.480 e. The number of nitrogens with one attached hydrogen (secondary N) is 2. The van der Waals surface area contributed by atoms with E-state index in [0.29, 0.717) is 51.8 Å². The van der Waals surface area contributed by atoms with Crippen molar-refractivity contribution in [3.63, 3.8) is 0 Å². The molecule has 2 amide bonds. The Hall–Kier alpha value is -2.28. The Balaban J connectivity index is 0. The number of carboxylic acid groups (broad SMARTS) is 2. The van der Waals surface area contributed by atoms with E-state index < -0.39 is 24.0 Å². The number of carbonyl (C=O) groups excluding carboxylic acids is 2. The Labute approximate surface area is 189 Å². The Kier molecular flexibility index (Phi) is 21.9. The summed E-state index contributed by atoms with van der Waals surface area (Å²) in [6.07, 6.45) is 4.17. The van der Waals surface area contributed by atoms with Gasteiger partial charge in [0.25, 0.3) is 0 Å². The van der Waals surface area contributed by atoms with Gasteiger partial charge in [-0.3, -0.25) is 14.4 Å². The summed E-state index contributed by atoms with van der Waals surface area (Å²) in [5.41, 5.74) is 10.4. The Bertz CT molecular complexity index is 534. The standard InChI is InChI=1S/C14H26N2O6.C6H14N2O2/c1-21-9-6-12(17)15-8-4-3-5-11(14(19)20)16-13(18)7-10-22-2;7-4-2-1-3-5(8)6(9)10/h11H,3-10H2,1-2H3,(H,15,17)(H,16,18)(H,19,20);5H,1-4,7-8H2,(H,9,10). The van der Waals surface area contributed by atoms with E-state index in [1.807, 2.05) is 0 Å². The Morgan fingerprint density at radius 2 is 1.41 bits per heavy atom. The van der Waals surface area contributed by atoms with Gasteiger partial charge in [-0.2, -0.15) is 0 Å². The number of hydrogen-bond donors (Lipinski definition) is 6. The van der Waals surface area contributed by atoms with Crippen molar-refractivity contribution < 1.29 is 38.9 Å². The molecule has 0 fully saturated rings. The number of carboxylic acids is 2. The molecule has 2 unspecified atom stereocenters. The van der Waals surface area contributed by atoms with Crippen LogP contribution >= 0.6 is 0 Å². The topological polar surface area (TPSA) is 203 Å². The van der Waals surface area contributed by atoms with E-state index in [1.54, 1.807) is 0 Å². The normalized spacial score (nSPS) is 12.1. The van der Waals surface area contributed by atoms with Crippen LogP contribution in [0.5, 0.6) is 0 Å². The minimum Gasteiger partial charge on any atom is -0.480 e. The fraction of sp³-hybridized carbons (Fsp3) is 0.800. The molecule has 0 heterocycles. The summed E-state index contributed by atoms with van der Waals surface area (Å²) in [5.74, 6) is -2.43. The van der Waals surface area contributed by atoms with Gasteiger partial charge in [-0.1, -0.05) is 6.42 Å². The third-order valence-electron chi connectivity index (χ3n) is 4.23. The average molecular weight is 465 g/mol. The van der Waals surface area contributed by atoms with Gasteiger partial charge in [-0.05, 0) is 38.6 Å². The molecule has 0 aliphatic heterocycles. The van der Waals surface area contributed by atoms with Crippen molar-refractivity contribution in [1.29, 1.82) is 0 Å². The Morgan fingerprint density at radius 1 is 0.844 bits per heavy atom. The van der Waals surface area contributed by atoms with E-state index in [1.165, 1.54) is 14.2 Å². The molecule has 0 radical (unpaired) electrons. The SMILES string of the molecule is COCCC(=O)NCCCCC(NC(=O)CCOC)C(=O)O.NCCCCC(N)C(=O)O. The summed E-state index contributed by atoms with van der Waals surface area (Å²) in [5, 5.41) is 22.6. The van der Waals surface area contributed by atoms with Crippen LogP contribution in [-0.4, -0.2) is 86.6 Å². The van der Waals surface area contributed by atoms with Crippen molar-refractivity contribution in [2.45, 2.75) is 63.5 Å². The number of amides is 2. The molecule has 32 heavy (non-hydrogen) atoms. The van der Waals surface area contributed by atoms with Gasteiger partial charge in [0.2, 0.25) is 11.8 Å². The van der Waals surface area contributed by atoms with Crippen LogP contribution in [0.15, 0.2) is 0 Å². The molecule has 188 valence electrons. The van der Waals surface area contributed by atoms with Crippen LogP contribution in [0.25, 0.3) is 0 Å². The van der Waals surface area contributed by atoms with Gasteiger partial charge >= 0.3 is 11.9 Å². The van der Waals surface area contributed by atoms with Crippen molar-refractivity contribution in [2.24, 2.45) is 11.5 Å². The summed E-state index contributed by atoms with van der Waals surface area (Å²) >= 11 is 0. The maximum Gasteiger partial charge on any atom is 0.326 e. The highest BCUT2D eigenvalue weighted by Crippen LogP contribution is 2.02. The van der Waals surface area contributed by atoms with Crippen LogP contribution in [0.3, 0.4) is 0 Å². The number of aliphatic carboxylic acids is 2. The number of hydrogen-bond acceptors (Lipinski definition) is 8. The molecule has 8 N–H and O–H groups in total. The van der Waals surface area contributed by atoms with E-state index in [0.717, 1.165) is 12.8 Å². The molecule has 0 rings (SSSR count). The van der Waals surface area contributed by atoms with Gasteiger partial charge in [-0.15, -0.1) is 0 Å². The second kappa shape index (κ2) is 21.9. The summed E-state index contributed by atoms with van der Waals surface area (Å²) in [4.78, 5) is 44.0. The number of methoxy groups -OCH3 is 2. The van der Waals surface area contributed by atoms with Crippen molar-refractivity contribution in [3.05, 3.63) is 0 Å². The fourth-order valence-electron chi connectivity index (χ4n) is 2.34. The van der Waals surface area contributed by atoms with Gasteiger partial charge in [0.15, 0.2) is 0 Å². The molecule has 0 aromatic heterocycles. The minimum atomic E-state index is -1.06. The highest BCUT2D eigenvalue weighted by Gasteiger charge is 2.19. The Morgan fingerprint density at radius 3 is 1.91 bits per heavy atom. The predicted molar refractivity (Wildman–Crippen MR) is 118 cm³/mol. The summed E-state index contributed by atoms with van der Waals surface area (Å²) in [6.45, 7) is 1.71. The molecular weight excluding hydrogens is 424 g/mol. The molecule has 0 aromatic rings. The summed E-state index contributed by atoms with van der Waals surface area (Å²) in [7, 11) is 3.00. The van der Waals surface area contributed by atoms with E-state index in [2.05, 4.69) is 10.6 Å². The first-order valence-electron chi connectivity index (χ1n) is 10.6. The van der Waals surface area contributed by atoms with E-state index >= 15 is 0 Å². The second-order valence-electron chi connectivity index (χ2n) is 7.02. The molecule has 0 aliphatic rings. The van der Waals surface area contributed by atoms with Crippen LogP contribution in [-0.2, 0) is 28.7 Å². The molecule has 0 saturated carbocycles. The van der Waals surface area contributed by atoms with Crippen LogP contribution in [0.1, 0.15) is 51.4 Å². The highest BCUT2D eigenvalue weighted by molar-refractivity contribution is 5.83. The van der Waals surface area contributed by atoms with Crippen LogP contribution < -0.4 is 22.1 Å². The van der Waals surface area contributed by atoms with E-state index in [4.69, 9.17) is 31.2 Å². The number of unbranched alkanes of at least 4 members (excludes halogenated alkanes) is 2. The zero-order valence-corrected chi connectivity index (χ0v) is 19.1. The molecule has 0 saturated heterocycles. The lowest BCUT2D eigenvalue weighted by molar-refractivity contribution is -0.142. The maximum atomic E-state index is 11.5. The monoisotopic (exact) mass is 464 g/mol. The summed E-state index contributed by atoms with van der Waals surface area (Å²) in [6, 6.07) is -1.62. The number of nitrogens with two attached hydrogens (primary N) is 2. The lowest BCUT2D eigenvalue weighted by atomic mass is 10.1. The van der Waals surface area contributed by atoms with Gasteiger partial charge in [-0.25, -0.2) is 4.79 Å². The highest BCUT2D eigenvalue weighted by atomic mass is 16.5. The van der Waals surface area contributed by atoms with Crippen molar-refractivity contribution >= 4 is 23.8 Å². The predicted octanol–water partition coefficient (Wildman–Crippen LogP) is -0.557. The smallest absolute Gasteiger partial charge is 0.326 e. The zero-order valence-electron chi connectivity index (χ0n) is 19.1. The second-order valence-corrected chi connectivity index (χ2v) is 7.02. The number of carbonyl (C=O) groups is 4. The van der Waals surface area contributed by atoms with E-state index in [9.17, 15) is 19.2 Å². The van der Waals surface area contributed by atoms with E-state index in [-0.39, 0.29) is 24.8 Å². The third kappa shape index (κ3) is 21.0. The van der Waals surface area contributed by atoms with Gasteiger partial charge in [0, 0.05) is 33.6 Å². The maximum absolute atomic E-state index is 11.5.